The summed E-state index contributed by atoms with van der Waals surface area (Å²) in [4.78, 5) is 16.8. The maximum absolute atomic E-state index is 12.3. The summed E-state index contributed by atoms with van der Waals surface area (Å²) in [6.07, 6.45) is 6.54. The molecule has 4 rings (SSSR count). The van der Waals surface area contributed by atoms with Gasteiger partial charge >= 0.3 is 0 Å². The van der Waals surface area contributed by atoms with Crippen LogP contribution in [-0.2, 0) is 5.75 Å². The fourth-order valence-electron chi connectivity index (χ4n) is 3.13. The molecule has 3 aromatic rings. The molecule has 0 aromatic carbocycles. The van der Waals surface area contributed by atoms with Gasteiger partial charge in [-0.1, -0.05) is 30.7 Å². The molecule has 0 N–H and O–H groups in total. The maximum Gasteiger partial charge on any atom is 0.258 e. The molecular formula is C16H18N6OS. The highest BCUT2D eigenvalue weighted by Gasteiger charge is 2.21. The van der Waals surface area contributed by atoms with Gasteiger partial charge in [0.1, 0.15) is 5.65 Å². The van der Waals surface area contributed by atoms with E-state index in [0.29, 0.717) is 17.4 Å². The topological polar surface area (TPSA) is 78.0 Å². The lowest BCUT2D eigenvalue weighted by Crippen LogP contribution is -2.15. The summed E-state index contributed by atoms with van der Waals surface area (Å²) < 4.78 is 3.50. The molecule has 1 aliphatic rings. The molecule has 1 fully saturated rings. The van der Waals surface area contributed by atoms with Gasteiger partial charge in [0.05, 0.1) is 11.7 Å². The van der Waals surface area contributed by atoms with Gasteiger partial charge in [-0.3, -0.25) is 9.20 Å². The molecule has 1 saturated carbocycles. The zero-order valence-corrected chi connectivity index (χ0v) is 14.2. The predicted molar refractivity (Wildman–Crippen MR) is 91.1 cm³/mol. The van der Waals surface area contributed by atoms with E-state index in [2.05, 4.69) is 20.5 Å². The molecule has 1 aliphatic carbocycles. The number of tetrazole rings is 1. The summed E-state index contributed by atoms with van der Waals surface area (Å²) in [7, 11) is 0. The van der Waals surface area contributed by atoms with Crippen LogP contribution in [0.2, 0.25) is 0 Å². The van der Waals surface area contributed by atoms with E-state index in [1.54, 1.807) is 10.5 Å². The van der Waals surface area contributed by atoms with Gasteiger partial charge in [-0.05, 0) is 41.8 Å². The fourth-order valence-corrected chi connectivity index (χ4v) is 3.97. The molecule has 8 heteroatoms. The van der Waals surface area contributed by atoms with Gasteiger partial charge < -0.3 is 0 Å². The number of nitrogens with zero attached hydrogens (tertiary/aromatic N) is 6. The Kier molecular flexibility index (Phi) is 4.05. The van der Waals surface area contributed by atoms with Crippen molar-refractivity contribution in [2.75, 3.05) is 0 Å². The SMILES string of the molecule is Cc1ccc2nc(CSc3nnnn3C3CCCC3)cc(=O)n2c1. The molecule has 0 radical (unpaired) electrons. The number of hydrogen-bond acceptors (Lipinski definition) is 6. The molecule has 0 amide bonds. The van der Waals surface area contributed by atoms with E-state index in [1.165, 1.54) is 24.6 Å². The van der Waals surface area contributed by atoms with Crippen LogP contribution < -0.4 is 5.56 Å². The molecule has 0 unspecified atom stereocenters. The van der Waals surface area contributed by atoms with E-state index in [0.717, 1.165) is 29.3 Å². The lowest BCUT2D eigenvalue weighted by molar-refractivity contribution is 0.423. The number of aryl methyl sites for hydroxylation is 1. The Bertz CT molecular complexity index is 928. The Morgan fingerprint density at radius 3 is 2.96 bits per heavy atom. The van der Waals surface area contributed by atoms with Crippen molar-refractivity contribution in [3.63, 3.8) is 0 Å². The van der Waals surface area contributed by atoms with Crippen molar-refractivity contribution >= 4 is 17.4 Å². The summed E-state index contributed by atoms with van der Waals surface area (Å²) >= 11 is 1.53. The first kappa shape index (κ1) is 15.3. The van der Waals surface area contributed by atoms with Crippen LogP contribution in [0.5, 0.6) is 0 Å². The Hall–Kier alpha value is -2.22. The molecule has 7 nitrogen and oxygen atoms in total. The predicted octanol–water partition coefficient (Wildman–Crippen LogP) is 2.40. The molecular weight excluding hydrogens is 324 g/mol. The van der Waals surface area contributed by atoms with Gasteiger partial charge in [0.2, 0.25) is 5.16 Å². The molecule has 0 aliphatic heterocycles. The van der Waals surface area contributed by atoms with Crippen LogP contribution in [0.15, 0.2) is 34.3 Å². The zero-order valence-electron chi connectivity index (χ0n) is 13.4. The summed E-state index contributed by atoms with van der Waals surface area (Å²) in [5, 5.41) is 12.9. The van der Waals surface area contributed by atoms with Crippen molar-refractivity contribution in [1.29, 1.82) is 0 Å². The lowest BCUT2D eigenvalue weighted by Gasteiger charge is -2.10. The van der Waals surface area contributed by atoms with Crippen LogP contribution in [0.1, 0.15) is 43.0 Å². The van der Waals surface area contributed by atoms with Crippen molar-refractivity contribution in [3.05, 3.63) is 46.0 Å². The highest BCUT2D eigenvalue weighted by Crippen LogP contribution is 2.31. The van der Waals surface area contributed by atoms with Gasteiger partial charge in [0, 0.05) is 18.0 Å². The van der Waals surface area contributed by atoms with Crippen LogP contribution in [0, 0.1) is 6.92 Å². The number of hydrogen-bond donors (Lipinski definition) is 0. The molecule has 3 aromatic heterocycles. The average Bonchev–Trinajstić information content (AvgIpc) is 3.24. The van der Waals surface area contributed by atoms with Crippen LogP contribution in [0.25, 0.3) is 5.65 Å². The Morgan fingerprint density at radius 1 is 1.29 bits per heavy atom. The molecule has 124 valence electrons. The van der Waals surface area contributed by atoms with E-state index in [1.807, 2.05) is 29.9 Å². The summed E-state index contributed by atoms with van der Waals surface area (Å²) in [6, 6.07) is 5.82. The number of pyridine rings is 1. The fraction of sp³-hybridized carbons (Fsp3) is 0.438. The van der Waals surface area contributed by atoms with Crippen molar-refractivity contribution in [2.24, 2.45) is 0 Å². The first-order chi connectivity index (χ1) is 11.7. The first-order valence-electron chi connectivity index (χ1n) is 8.10. The highest BCUT2D eigenvalue weighted by atomic mass is 32.2. The number of fused-ring (bicyclic) bond motifs is 1. The largest absolute Gasteiger partial charge is 0.269 e. The van der Waals surface area contributed by atoms with Crippen molar-refractivity contribution < 1.29 is 0 Å². The van der Waals surface area contributed by atoms with Crippen LogP contribution in [-0.4, -0.2) is 29.6 Å². The van der Waals surface area contributed by atoms with Crippen molar-refractivity contribution in [3.8, 4) is 0 Å². The number of thioether (sulfide) groups is 1. The van der Waals surface area contributed by atoms with E-state index < -0.39 is 0 Å². The maximum atomic E-state index is 12.3. The second-order valence-electron chi connectivity index (χ2n) is 6.15. The van der Waals surface area contributed by atoms with E-state index >= 15 is 0 Å². The van der Waals surface area contributed by atoms with Gasteiger partial charge in [-0.25, -0.2) is 9.67 Å². The summed E-state index contributed by atoms with van der Waals surface area (Å²) in [5.41, 5.74) is 2.38. The normalized spacial score (nSPS) is 15.4. The monoisotopic (exact) mass is 342 g/mol. The van der Waals surface area contributed by atoms with Crippen molar-refractivity contribution in [1.82, 2.24) is 29.6 Å². The first-order valence-corrected chi connectivity index (χ1v) is 9.09. The molecule has 0 saturated heterocycles. The summed E-state index contributed by atoms with van der Waals surface area (Å²) in [5.74, 6) is 0.576. The van der Waals surface area contributed by atoms with Crippen molar-refractivity contribution in [2.45, 2.75) is 49.6 Å². The van der Waals surface area contributed by atoms with Gasteiger partial charge in [0.25, 0.3) is 5.56 Å². The minimum Gasteiger partial charge on any atom is -0.269 e. The minimum absolute atomic E-state index is 0.0605. The number of aromatic nitrogens is 6. The third kappa shape index (κ3) is 2.93. The molecule has 3 heterocycles. The van der Waals surface area contributed by atoms with E-state index in [4.69, 9.17) is 0 Å². The highest BCUT2D eigenvalue weighted by molar-refractivity contribution is 7.98. The second-order valence-corrected chi connectivity index (χ2v) is 7.10. The second kappa shape index (κ2) is 6.35. The van der Waals surface area contributed by atoms with Gasteiger partial charge in [-0.2, -0.15) is 0 Å². The third-order valence-corrected chi connectivity index (χ3v) is 5.31. The summed E-state index contributed by atoms with van der Waals surface area (Å²) in [6.45, 7) is 1.96. The van der Waals surface area contributed by atoms with Gasteiger partial charge in [-0.15, -0.1) is 5.10 Å². The lowest BCUT2D eigenvalue weighted by atomic mass is 10.3. The van der Waals surface area contributed by atoms with Crippen LogP contribution in [0.3, 0.4) is 0 Å². The Balaban J connectivity index is 1.56. The average molecular weight is 342 g/mol. The smallest absolute Gasteiger partial charge is 0.258 e. The van der Waals surface area contributed by atoms with E-state index in [9.17, 15) is 4.79 Å². The van der Waals surface area contributed by atoms with Crippen LogP contribution in [0.4, 0.5) is 0 Å². The van der Waals surface area contributed by atoms with Crippen LogP contribution >= 0.6 is 11.8 Å². The molecule has 0 spiro atoms. The third-order valence-electron chi connectivity index (χ3n) is 4.34. The zero-order chi connectivity index (χ0) is 16.5. The van der Waals surface area contributed by atoms with E-state index in [-0.39, 0.29) is 5.56 Å². The molecule has 0 atom stereocenters. The Labute approximate surface area is 143 Å². The molecule has 0 bridgehead atoms. The number of rotatable bonds is 4. The van der Waals surface area contributed by atoms with Gasteiger partial charge in [0.15, 0.2) is 0 Å². The standard InChI is InChI=1S/C16H18N6OS/c1-11-6-7-14-17-12(8-15(23)21(14)9-11)10-24-16-18-19-20-22(16)13-4-2-3-5-13/h6-9,13H,2-5,10H2,1H3. The molecule has 24 heavy (non-hydrogen) atoms. The quantitative estimate of drug-likeness (QED) is 0.678. The minimum atomic E-state index is -0.0605. The Morgan fingerprint density at radius 2 is 2.12 bits per heavy atom.